The number of hydrogen-bond acceptors (Lipinski definition) is 7. The summed E-state index contributed by atoms with van der Waals surface area (Å²) in [7, 11) is 0. The molecule has 12 heteroatoms. The second-order valence-electron chi connectivity index (χ2n) is 12.9. The second-order valence-corrected chi connectivity index (χ2v) is 12.9. The lowest BCUT2D eigenvalue weighted by Gasteiger charge is -2.21. The monoisotopic (exact) mass is 788 g/mol. The van der Waals surface area contributed by atoms with Gasteiger partial charge in [-0.3, -0.25) is 9.59 Å². The van der Waals surface area contributed by atoms with Crippen LogP contribution in [-0.2, 0) is 24.3 Å². The lowest BCUT2D eigenvalue weighted by atomic mass is 10.1. The van der Waals surface area contributed by atoms with Gasteiger partial charge in [0.25, 0.3) is 5.91 Å². The van der Waals surface area contributed by atoms with Gasteiger partial charge in [-0.25, -0.2) is 13.8 Å². The highest BCUT2D eigenvalue weighted by molar-refractivity contribution is 5.94. The molecule has 0 bridgehead atoms. The van der Waals surface area contributed by atoms with Crippen molar-refractivity contribution < 1.29 is 19.1 Å². The van der Waals surface area contributed by atoms with E-state index in [1.165, 1.54) is 18.2 Å². The van der Waals surface area contributed by atoms with Crippen molar-refractivity contribution in [3.63, 3.8) is 0 Å². The van der Waals surface area contributed by atoms with E-state index in [0.717, 1.165) is 60.5 Å². The Morgan fingerprint density at radius 3 is 1.93 bits per heavy atom. The molecule has 0 aliphatic rings. The van der Waals surface area contributed by atoms with Crippen LogP contribution in [0.3, 0.4) is 0 Å². The minimum atomic E-state index is -0.188. The topological polar surface area (TPSA) is 143 Å². The van der Waals surface area contributed by atoms with Crippen LogP contribution in [0.5, 0.6) is 5.75 Å². The molecule has 11 nitrogen and oxygen atoms in total. The SMILES string of the molecule is C=CC(=O)NCCN(CCC)CCc1ccc(C)c(F)c1.CC.NCc1cnn(-c2ccccc2)c1.O=C(NCc1cnn(-c2ccccc2)c1)c1ccc(O)cc1. The molecule has 0 aliphatic carbocycles. The van der Waals surface area contributed by atoms with Gasteiger partial charge in [-0.15, -0.1) is 0 Å². The van der Waals surface area contributed by atoms with Gasteiger partial charge in [0.05, 0.1) is 23.8 Å². The summed E-state index contributed by atoms with van der Waals surface area (Å²) in [5.41, 5.74) is 11.7. The number of aromatic hydroxyl groups is 1. The molecule has 306 valence electrons. The molecule has 4 aromatic carbocycles. The maximum atomic E-state index is 13.5. The number of aromatic nitrogens is 4. The first kappa shape index (κ1) is 46.0. The minimum absolute atomic E-state index is 0.140. The number of hydrogen-bond donors (Lipinski definition) is 4. The molecular formula is C46H57FN8O3. The van der Waals surface area contributed by atoms with Crippen LogP contribution >= 0.6 is 0 Å². The molecule has 58 heavy (non-hydrogen) atoms. The molecule has 0 spiro atoms. The maximum Gasteiger partial charge on any atom is 0.251 e. The molecule has 0 radical (unpaired) electrons. The number of phenolic OH excluding ortho intramolecular Hbond substituents is 1. The Hall–Kier alpha value is -6.37. The van der Waals surface area contributed by atoms with Gasteiger partial charge in [-0.2, -0.15) is 10.2 Å². The van der Waals surface area contributed by atoms with Gasteiger partial charge in [0.2, 0.25) is 5.91 Å². The summed E-state index contributed by atoms with van der Waals surface area (Å²) in [6.07, 6.45) is 10.5. The van der Waals surface area contributed by atoms with Crippen molar-refractivity contribution >= 4 is 11.8 Å². The third-order valence-corrected chi connectivity index (χ3v) is 8.54. The van der Waals surface area contributed by atoms with E-state index in [1.807, 2.05) is 104 Å². The highest BCUT2D eigenvalue weighted by atomic mass is 19.1. The van der Waals surface area contributed by atoms with Crippen LogP contribution in [-0.4, -0.2) is 67.6 Å². The van der Waals surface area contributed by atoms with Gasteiger partial charge in [-0.05, 0) is 98.1 Å². The number of nitrogens with one attached hydrogen (secondary N) is 2. The van der Waals surface area contributed by atoms with Gasteiger partial charge in [0.15, 0.2) is 0 Å². The molecule has 2 aromatic heterocycles. The van der Waals surface area contributed by atoms with Gasteiger partial charge in [-0.1, -0.05) is 75.9 Å². The number of rotatable bonds is 15. The van der Waals surface area contributed by atoms with E-state index in [0.29, 0.717) is 30.8 Å². The number of nitrogens with zero attached hydrogens (tertiary/aromatic N) is 5. The van der Waals surface area contributed by atoms with Crippen molar-refractivity contribution in [1.82, 2.24) is 35.1 Å². The van der Waals surface area contributed by atoms with Crippen molar-refractivity contribution in [3.05, 3.63) is 174 Å². The fourth-order valence-electron chi connectivity index (χ4n) is 5.40. The van der Waals surface area contributed by atoms with Gasteiger partial charge < -0.3 is 26.4 Å². The van der Waals surface area contributed by atoms with Crippen molar-refractivity contribution in [2.45, 2.75) is 53.6 Å². The third-order valence-electron chi connectivity index (χ3n) is 8.54. The van der Waals surface area contributed by atoms with E-state index in [4.69, 9.17) is 5.73 Å². The highest BCUT2D eigenvalue weighted by Crippen LogP contribution is 2.12. The number of aryl methyl sites for hydroxylation is 1. The Morgan fingerprint density at radius 1 is 0.810 bits per heavy atom. The summed E-state index contributed by atoms with van der Waals surface area (Å²) in [6.45, 7) is 15.5. The van der Waals surface area contributed by atoms with E-state index in [9.17, 15) is 19.1 Å². The molecule has 5 N–H and O–H groups in total. The van der Waals surface area contributed by atoms with Gasteiger partial charge >= 0.3 is 0 Å². The fourth-order valence-corrected chi connectivity index (χ4v) is 5.40. The van der Waals surface area contributed by atoms with E-state index < -0.39 is 0 Å². The number of amides is 2. The number of carbonyl (C=O) groups excluding carboxylic acids is 2. The van der Waals surface area contributed by atoms with Crippen LogP contribution in [0.1, 0.15) is 59.8 Å². The Morgan fingerprint density at radius 2 is 1.40 bits per heavy atom. The van der Waals surface area contributed by atoms with Crippen LogP contribution in [0.4, 0.5) is 4.39 Å². The smallest absolute Gasteiger partial charge is 0.251 e. The molecule has 0 saturated carbocycles. The predicted molar refractivity (Wildman–Crippen MR) is 230 cm³/mol. The number of para-hydroxylation sites is 2. The van der Waals surface area contributed by atoms with Crippen molar-refractivity contribution in [1.29, 1.82) is 0 Å². The first-order valence-electron chi connectivity index (χ1n) is 19.5. The maximum absolute atomic E-state index is 13.5. The summed E-state index contributed by atoms with van der Waals surface area (Å²) >= 11 is 0. The summed E-state index contributed by atoms with van der Waals surface area (Å²) in [4.78, 5) is 25.4. The minimum Gasteiger partial charge on any atom is -0.508 e. The first-order chi connectivity index (χ1) is 28.2. The number of benzene rings is 4. The number of nitrogens with two attached hydrogens (primary N) is 1. The quantitative estimate of drug-likeness (QED) is 0.0787. The number of phenols is 1. The zero-order chi connectivity index (χ0) is 42.1. The zero-order valence-corrected chi connectivity index (χ0v) is 34.0. The molecule has 0 unspecified atom stereocenters. The standard InChI is InChI=1S/C17H25FN2O.C17H15N3O2.C10H11N3.C2H6/c1-4-10-20(12-9-19-17(21)5-2)11-8-15-7-6-14(3)16(18)13-15;21-16-8-6-14(7-9-16)17(22)18-10-13-11-19-20(12-13)15-4-2-1-3-5-15;11-6-9-7-12-13(8-9)10-4-2-1-3-5-10;1-2/h5-7,13H,2,4,8-12H2,1,3H3,(H,19,21);1-9,11-12,21H,10H2,(H,18,22);1-5,7-8H,6,11H2;1-2H3. The lowest BCUT2D eigenvalue weighted by Crippen LogP contribution is -2.35. The van der Waals surface area contributed by atoms with E-state index >= 15 is 0 Å². The Balaban J connectivity index is 0.000000234. The molecule has 0 atom stereocenters. The van der Waals surface area contributed by atoms with Crippen molar-refractivity contribution in [2.24, 2.45) is 5.73 Å². The average molecular weight is 789 g/mol. The van der Waals surface area contributed by atoms with Crippen LogP contribution in [0.2, 0.25) is 0 Å². The molecule has 2 heterocycles. The highest BCUT2D eigenvalue weighted by Gasteiger charge is 2.08. The normalized spacial score (nSPS) is 10.2. The van der Waals surface area contributed by atoms with Crippen LogP contribution in [0.25, 0.3) is 11.4 Å². The van der Waals surface area contributed by atoms with E-state index in [-0.39, 0.29) is 23.4 Å². The summed E-state index contributed by atoms with van der Waals surface area (Å²) in [5.74, 6) is -0.340. The largest absolute Gasteiger partial charge is 0.508 e. The van der Waals surface area contributed by atoms with Crippen molar-refractivity contribution in [2.75, 3.05) is 26.2 Å². The average Bonchev–Trinajstić information content (AvgIpc) is 3.96. The lowest BCUT2D eigenvalue weighted by molar-refractivity contribution is -0.116. The predicted octanol–water partition coefficient (Wildman–Crippen LogP) is 7.56. The molecule has 0 fully saturated rings. The Bertz CT molecular complexity index is 2080. The summed E-state index contributed by atoms with van der Waals surface area (Å²) in [5, 5.41) is 23.3. The first-order valence-corrected chi connectivity index (χ1v) is 19.5. The molecule has 2 amide bonds. The van der Waals surface area contributed by atoms with Gasteiger partial charge in [0.1, 0.15) is 11.6 Å². The fraction of sp³-hybridized carbons (Fsp3) is 0.261. The Labute approximate surface area is 342 Å². The molecule has 6 aromatic rings. The van der Waals surface area contributed by atoms with Crippen LogP contribution in [0, 0.1) is 12.7 Å². The van der Waals surface area contributed by atoms with Crippen molar-refractivity contribution in [3.8, 4) is 17.1 Å². The van der Waals surface area contributed by atoms with Crippen LogP contribution in [0.15, 0.2) is 141 Å². The molecule has 6 rings (SSSR count). The summed E-state index contributed by atoms with van der Waals surface area (Å²) in [6, 6.07) is 31.3. The van der Waals surface area contributed by atoms with E-state index in [2.05, 4.69) is 39.2 Å². The Kier molecular flexibility index (Phi) is 20.4. The molecule has 0 aliphatic heterocycles. The second kappa shape index (κ2) is 25.7. The third kappa shape index (κ3) is 16.0. The molecular weight excluding hydrogens is 732 g/mol. The number of halogens is 1. The molecule has 0 saturated heterocycles. The van der Waals surface area contributed by atoms with Crippen LogP contribution < -0.4 is 16.4 Å². The summed E-state index contributed by atoms with van der Waals surface area (Å²) < 4.78 is 17.1. The number of carbonyl (C=O) groups is 2. The zero-order valence-electron chi connectivity index (χ0n) is 34.0. The van der Waals surface area contributed by atoms with E-state index in [1.54, 1.807) is 42.2 Å². The van der Waals surface area contributed by atoms with Gasteiger partial charge in [0, 0.05) is 61.8 Å².